The average molecular weight is 473 g/mol. The van der Waals surface area contributed by atoms with Crippen LogP contribution in [-0.4, -0.2) is 53.6 Å². The molecule has 1 amide bonds. The number of likely N-dealkylation sites (tertiary alicyclic amines) is 1. The lowest BCUT2D eigenvalue weighted by atomic mass is 10.1. The van der Waals surface area contributed by atoms with E-state index in [-0.39, 0.29) is 30.8 Å². The first-order chi connectivity index (χ1) is 17.0. The molecule has 0 aliphatic carbocycles. The fourth-order valence-corrected chi connectivity index (χ4v) is 4.62. The molecular formula is C24H23N7O4. The van der Waals surface area contributed by atoms with Gasteiger partial charge in [-0.2, -0.15) is 10.4 Å². The van der Waals surface area contributed by atoms with Crippen molar-refractivity contribution in [2.45, 2.75) is 39.0 Å². The third-order valence-electron chi connectivity index (χ3n) is 6.25. The van der Waals surface area contributed by atoms with Gasteiger partial charge in [-0.1, -0.05) is 6.07 Å². The van der Waals surface area contributed by atoms with Crippen molar-refractivity contribution in [3.05, 3.63) is 53.2 Å². The molecule has 0 bridgehead atoms. The number of nitrogens with zero attached hydrogens (tertiary/aromatic N) is 7. The minimum atomic E-state index is -0.500. The molecule has 1 atom stereocenters. The number of nitriles is 1. The smallest absolute Gasteiger partial charge is 0.333 e. The standard InChI is InChI=1S/C24H23N7O4/c1-16(32)35-15-29-21-8-7-19(18-13-26-30-12-3-2-6-20(18)30)27-23(21)31(24(29)34)17-5-4-11-28(14-17)22(33)9-10-25/h2-3,6-8,12-13,17H,4-5,9,11,14-15H2,1H3/t17-/m0/s1. The Bertz CT molecular complexity index is 1540. The summed E-state index contributed by atoms with van der Waals surface area (Å²) in [5.74, 6) is -0.756. The van der Waals surface area contributed by atoms with E-state index >= 15 is 0 Å². The predicted molar refractivity (Wildman–Crippen MR) is 125 cm³/mol. The van der Waals surface area contributed by atoms with Crippen LogP contribution in [0.3, 0.4) is 0 Å². The number of pyridine rings is 2. The van der Waals surface area contributed by atoms with Crippen LogP contribution in [0.2, 0.25) is 0 Å². The van der Waals surface area contributed by atoms with Gasteiger partial charge >= 0.3 is 11.7 Å². The molecule has 0 spiro atoms. The molecule has 35 heavy (non-hydrogen) atoms. The van der Waals surface area contributed by atoms with Crippen LogP contribution in [0, 0.1) is 11.3 Å². The van der Waals surface area contributed by atoms with Crippen molar-refractivity contribution in [3.8, 4) is 17.3 Å². The second-order valence-corrected chi connectivity index (χ2v) is 8.44. The molecule has 0 saturated carbocycles. The topological polar surface area (TPSA) is 128 Å². The molecule has 4 aromatic heterocycles. The van der Waals surface area contributed by atoms with E-state index in [2.05, 4.69) is 5.10 Å². The Morgan fingerprint density at radius 2 is 2.09 bits per heavy atom. The number of aromatic nitrogens is 5. The molecule has 11 heteroatoms. The van der Waals surface area contributed by atoms with Crippen LogP contribution in [0.5, 0.6) is 0 Å². The highest BCUT2D eigenvalue weighted by Crippen LogP contribution is 2.28. The van der Waals surface area contributed by atoms with Crippen LogP contribution in [0.4, 0.5) is 0 Å². The number of hydrogen-bond donors (Lipinski definition) is 0. The summed E-state index contributed by atoms with van der Waals surface area (Å²) in [6, 6.07) is 10.9. The van der Waals surface area contributed by atoms with Crippen LogP contribution in [0.25, 0.3) is 27.9 Å². The average Bonchev–Trinajstić information content (AvgIpc) is 3.41. The summed E-state index contributed by atoms with van der Waals surface area (Å²) >= 11 is 0. The number of hydrogen-bond acceptors (Lipinski definition) is 7. The molecule has 1 saturated heterocycles. The van der Waals surface area contributed by atoms with E-state index in [0.717, 1.165) is 11.1 Å². The summed E-state index contributed by atoms with van der Waals surface area (Å²) in [6.45, 7) is 1.89. The molecule has 1 aliphatic rings. The molecule has 0 N–H and O–H groups in total. The fraction of sp³-hybridized carbons (Fsp3) is 0.333. The van der Waals surface area contributed by atoms with E-state index < -0.39 is 5.97 Å². The molecular weight excluding hydrogens is 450 g/mol. The maximum Gasteiger partial charge on any atom is 0.333 e. The molecule has 178 valence electrons. The summed E-state index contributed by atoms with van der Waals surface area (Å²) in [5, 5.41) is 13.3. The number of rotatable bonds is 5. The molecule has 1 aliphatic heterocycles. The summed E-state index contributed by atoms with van der Waals surface area (Å²) in [5.41, 5.74) is 2.93. The van der Waals surface area contributed by atoms with Crippen LogP contribution >= 0.6 is 0 Å². The largest absolute Gasteiger partial charge is 0.444 e. The van der Waals surface area contributed by atoms with Crippen molar-refractivity contribution >= 4 is 28.6 Å². The molecule has 5 heterocycles. The van der Waals surface area contributed by atoms with Gasteiger partial charge in [-0.25, -0.2) is 14.3 Å². The third kappa shape index (κ3) is 4.03. The number of carbonyl (C=O) groups is 2. The van der Waals surface area contributed by atoms with E-state index in [1.165, 1.54) is 11.5 Å². The fourth-order valence-electron chi connectivity index (χ4n) is 4.62. The zero-order chi connectivity index (χ0) is 24.5. The number of amides is 1. The lowest BCUT2D eigenvalue weighted by molar-refractivity contribution is -0.144. The maximum atomic E-state index is 13.5. The maximum absolute atomic E-state index is 13.5. The van der Waals surface area contributed by atoms with E-state index in [1.807, 2.05) is 36.5 Å². The van der Waals surface area contributed by atoms with Gasteiger partial charge < -0.3 is 9.64 Å². The van der Waals surface area contributed by atoms with Gasteiger partial charge in [0.05, 0.1) is 35.0 Å². The van der Waals surface area contributed by atoms with Crippen molar-refractivity contribution in [2.75, 3.05) is 13.1 Å². The SMILES string of the molecule is CC(=O)OCn1c(=O)n([C@H]2CCCN(C(=O)CC#N)C2)c2nc(-c3cnn4ccccc34)ccc21. The minimum Gasteiger partial charge on any atom is -0.444 e. The normalized spacial score (nSPS) is 15.9. The second-order valence-electron chi connectivity index (χ2n) is 8.44. The summed E-state index contributed by atoms with van der Waals surface area (Å²) < 4.78 is 9.85. The molecule has 5 rings (SSSR count). The Kier molecular flexibility index (Phi) is 5.78. The number of piperidine rings is 1. The Labute approximate surface area is 199 Å². The van der Waals surface area contributed by atoms with Gasteiger partial charge in [-0.3, -0.25) is 18.7 Å². The number of carbonyl (C=O) groups excluding carboxylic acids is 2. The van der Waals surface area contributed by atoms with Crippen LogP contribution in [-0.2, 0) is 21.1 Å². The van der Waals surface area contributed by atoms with Gasteiger partial charge in [0.25, 0.3) is 0 Å². The highest BCUT2D eigenvalue weighted by molar-refractivity contribution is 5.82. The molecule has 0 aromatic carbocycles. The van der Waals surface area contributed by atoms with Crippen LogP contribution in [0.15, 0.2) is 47.5 Å². The Balaban J connectivity index is 1.63. The summed E-state index contributed by atoms with van der Waals surface area (Å²) in [4.78, 5) is 43.8. The number of fused-ring (bicyclic) bond motifs is 2. The van der Waals surface area contributed by atoms with Gasteiger partial charge in [-0.15, -0.1) is 0 Å². The van der Waals surface area contributed by atoms with E-state index in [0.29, 0.717) is 42.8 Å². The van der Waals surface area contributed by atoms with Gasteiger partial charge in [-0.05, 0) is 37.1 Å². The predicted octanol–water partition coefficient (Wildman–Crippen LogP) is 2.11. The lowest BCUT2D eigenvalue weighted by Gasteiger charge is -2.32. The quantitative estimate of drug-likeness (QED) is 0.406. The highest BCUT2D eigenvalue weighted by atomic mass is 16.5. The first-order valence-electron chi connectivity index (χ1n) is 11.3. The van der Waals surface area contributed by atoms with Gasteiger partial charge in [0.15, 0.2) is 12.4 Å². The molecule has 0 radical (unpaired) electrons. The second kappa shape index (κ2) is 9.06. The number of imidazole rings is 1. The van der Waals surface area contributed by atoms with E-state index in [1.54, 1.807) is 26.2 Å². The first kappa shape index (κ1) is 22.3. The number of ether oxygens (including phenoxy) is 1. The van der Waals surface area contributed by atoms with Crippen molar-refractivity contribution in [1.82, 2.24) is 28.6 Å². The highest BCUT2D eigenvalue weighted by Gasteiger charge is 2.29. The third-order valence-corrected chi connectivity index (χ3v) is 6.25. The minimum absolute atomic E-state index is 0.201. The Morgan fingerprint density at radius 1 is 1.23 bits per heavy atom. The van der Waals surface area contributed by atoms with Crippen molar-refractivity contribution in [2.24, 2.45) is 0 Å². The van der Waals surface area contributed by atoms with E-state index in [4.69, 9.17) is 15.0 Å². The first-order valence-corrected chi connectivity index (χ1v) is 11.3. The monoisotopic (exact) mass is 473 g/mol. The molecule has 4 aromatic rings. The molecule has 1 fully saturated rings. The zero-order valence-electron chi connectivity index (χ0n) is 19.1. The van der Waals surface area contributed by atoms with Gasteiger partial charge in [0.1, 0.15) is 6.42 Å². The number of esters is 1. The molecule has 11 nitrogen and oxygen atoms in total. The van der Waals surface area contributed by atoms with E-state index in [9.17, 15) is 14.4 Å². The van der Waals surface area contributed by atoms with Gasteiger partial charge in [0, 0.05) is 31.8 Å². The Hall–Kier alpha value is -4.46. The van der Waals surface area contributed by atoms with Crippen molar-refractivity contribution in [3.63, 3.8) is 0 Å². The summed E-state index contributed by atoms with van der Waals surface area (Å²) in [7, 11) is 0. The van der Waals surface area contributed by atoms with Crippen LogP contribution in [0.1, 0.15) is 32.2 Å². The molecule has 0 unspecified atom stereocenters. The van der Waals surface area contributed by atoms with Crippen molar-refractivity contribution < 1.29 is 14.3 Å². The van der Waals surface area contributed by atoms with Crippen molar-refractivity contribution in [1.29, 1.82) is 5.26 Å². The summed E-state index contributed by atoms with van der Waals surface area (Å²) in [6.07, 6.45) is 4.74. The zero-order valence-corrected chi connectivity index (χ0v) is 19.1. The Morgan fingerprint density at radius 3 is 2.89 bits per heavy atom. The lowest BCUT2D eigenvalue weighted by Crippen LogP contribution is -2.43. The van der Waals surface area contributed by atoms with Crippen LogP contribution < -0.4 is 5.69 Å². The van der Waals surface area contributed by atoms with Gasteiger partial charge in [0.2, 0.25) is 5.91 Å².